The van der Waals surface area contributed by atoms with Crippen molar-refractivity contribution in [1.82, 2.24) is 4.98 Å². The quantitative estimate of drug-likeness (QED) is 0.304. The van der Waals surface area contributed by atoms with E-state index in [0.29, 0.717) is 28.3 Å². The number of hydrogen-bond donors (Lipinski definition) is 0. The molecular formula is C27H29F2NO3S. The number of carbonyl (C=O) groups is 2. The summed E-state index contributed by atoms with van der Waals surface area (Å²) in [4.78, 5) is 30.2. The second kappa shape index (κ2) is 10.1. The van der Waals surface area contributed by atoms with Crippen LogP contribution in [-0.4, -0.2) is 22.2 Å². The maximum atomic E-state index is 13.7. The zero-order valence-corrected chi connectivity index (χ0v) is 21.1. The van der Waals surface area contributed by atoms with E-state index < -0.39 is 17.2 Å². The molecule has 0 spiro atoms. The van der Waals surface area contributed by atoms with Crippen LogP contribution in [0, 0.1) is 18.6 Å². The molecule has 0 unspecified atom stereocenters. The highest BCUT2D eigenvalue weighted by Crippen LogP contribution is 2.34. The van der Waals surface area contributed by atoms with Gasteiger partial charge in [-0.3, -0.25) is 9.59 Å². The van der Waals surface area contributed by atoms with Gasteiger partial charge in [-0.05, 0) is 75.9 Å². The summed E-state index contributed by atoms with van der Waals surface area (Å²) in [5.41, 5.74) is 1.62. The van der Waals surface area contributed by atoms with E-state index in [4.69, 9.17) is 4.74 Å². The first-order chi connectivity index (χ1) is 15.9. The van der Waals surface area contributed by atoms with Gasteiger partial charge >= 0.3 is 0 Å². The predicted molar refractivity (Wildman–Crippen MR) is 131 cm³/mol. The van der Waals surface area contributed by atoms with Gasteiger partial charge in [0, 0.05) is 28.5 Å². The number of aryl methyl sites for hydroxylation is 2. The minimum absolute atomic E-state index is 0.0260. The maximum Gasteiger partial charge on any atom is 0.172 e. The minimum atomic E-state index is -0.946. The van der Waals surface area contributed by atoms with Gasteiger partial charge in [0.15, 0.2) is 17.2 Å². The van der Waals surface area contributed by atoms with Crippen LogP contribution in [0.3, 0.4) is 0 Å². The Hall–Kier alpha value is -2.93. The van der Waals surface area contributed by atoms with Crippen LogP contribution in [0.2, 0.25) is 0 Å². The smallest absolute Gasteiger partial charge is 0.172 e. The van der Waals surface area contributed by atoms with Crippen LogP contribution in [0.15, 0.2) is 36.4 Å². The lowest BCUT2D eigenvalue weighted by atomic mass is 10.0. The van der Waals surface area contributed by atoms with E-state index in [1.807, 2.05) is 20.8 Å². The zero-order valence-electron chi connectivity index (χ0n) is 20.3. The number of rotatable bonds is 9. The molecule has 1 aromatic heterocycles. The molecule has 1 heterocycles. The minimum Gasteiger partial charge on any atom is -0.480 e. The van der Waals surface area contributed by atoms with Crippen molar-refractivity contribution in [1.29, 1.82) is 0 Å². The molecule has 3 rings (SSSR count). The van der Waals surface area contributed by atoms with E-state index in [1.54, 1.807) is 32.0 Å². The molecule has 2 aromatic carbocycles. The molecule has 0 fully saturated rings. The largest absolute Gasteiger partial charge is 0.480 e. The molecule has 4 nitrogen and oxygen atoms in total. The third-order valence-corrected chi connectivity index (χ3v) is 6.85. The summed E-state index contributed by atoms with van der Waals surface area (Å²) in [6, 6.07) is 8.56. The van der Waals surface area contributed by atoms with Gasteiger partial charge in [0.1, 0.15) is 22.4 Å². The fraction of sp³-hybridized carbons (Fsp3) is 0.370. The molecule has 0 aliphatic rings. The van der Waals surface area contributed by atoms with E-state index in [2.05, 4.69) is 4.98 Å². The summed E-state index contributed by atoms with van der Waals surface area (Å²) in [5.74, 6) is -0.741. The van der Waals surface area contributed by atoms with Crippen molar-refractivity contribution in [2.24, 2.45) is 0 Å². The summed E-state index contributed by atoms with van der Waals surface area (Å²) in [5, 5.41) is 0.537. The highest BCUT2D eigenvalue weighted by Gasteiger charge is 2.26. The van der Waals surface area contributed by atoms with Gasteiger partial charge in [-0.1, -0.05) is 13.8 Å². The zero-order chi connectivity index (χ0) is 25.2. The summed E-state index contributed by atoms with van der Waals surface area (Å²) < 4.78 is 33.2. The Morgan fingerprint density at radius 3 is 2.29 bits per heavy atom. The average molecular weight is 486 g/mol. The van der Waals surface area contributed by atoms with Gasteiger partial charge in [0.25, 0.3) is 0 Å². The van der Waals surface area contributed by atoms with Crippen molar-refractivity contribution in [3.63, 3.8) is 0 Å². The van der Waals surface area contributed by atoms with Gasteiger partial charge in [-0.15, -0.1) is 11.3 Å². The lowest BCUT2D eigenvalue weighted by molar-refractivity contribution is -0.129. The number of Topliss-reactive ketones (excluding diaryl/α,β-unsaturated/α-hetero) is 2. The van der Waals surface area contributed by atoms with E-state index in [9.17, 15) is 18.4 Å². The van der Waals surface area contributed by atoms with Gasteiger partial charge in [-0.25, -0.2) is 13.8 Å². The Morgan fingerprint density at radius 2 is 1.74 bits per heavy atom. The number of thiazole rings is 1. The molecule has 7 heteroatoms. The Morgan fingerprint density at radius 1 is 1.09 bits per heavy atom. The fourth-order valence-electron chi connectivity index (χ4n) is 3.45. The van der Waals surface area contributed by atoms with E-state index >= 15 is 0 Å². The molecule has 0 atom stereocenters. The summed E-state index contributed by atoms with van der Waals surface area (Å²) in [6.07, 6.45) is 0.758. The van der Waals surface area contributed by atoms with Crippen molar-refractivity contribution < 1.29 is 23.1 Å². The number of ketones is 2. The molecule has 0 amide bonds. The molecule has 0 aliphatic heterocycles. The molecule has 34 heavy (non-hydrogen) atoms. The summed E-state index contributed by atoms with van der Waals surface area (Å²) in [6.45, 7) is 10.7. The monoisotopic (exact) mass is 485 g/mol. The maximum absolute atomic E-state index is 13.7. The first-order valence-electron chi connectivity index (χ1n) is 11.2. The van der Waals surface area contributed by atoms with Crippen molar-refractivity contribution >= 4 is 22.9 Å². The van der Waals surface area contributed by atoms with Crippen LogP contribution in [-0.2, 0) is 11.2 Å². The third kappa shape index (κ3) is 5.95. The molecule has 0 saturated carbocycles. The summed E-state index contributed by atoms with van der Waals surface area (Å²) >= 11 is 1.36. The number of halogens is 2. The average Bonchev–Trinajstić information content (AvgIpc) is 3.17. The molecular weight excluding hydrogens is 456 g/mol. The topological polar surface area (TPSA) is 56.3 Å². The number of aromatic nitrogens is 1. The van der Waals surface area contributed by atoms with Gasteiger partial charge < -0.3 is 4.74 Å². The Bertz CT molecular complexity index is 1210. The first-order valence-corrected chi connectivity index (χ1v) is 12.0. The van der Waals surface area contributed by atoms with Crippen molar-refractivity contribution in [2.45, 2.75) is 65.9 Å². The molecule has 0 saturated heterocycles. The normalized spacial score (nSPS) is 11.7. The van der Waals surface area contributed by atoms with Crippen LogP contribution in [0.5, 0.6) is 5.75 Å². The van der Waals surface area contributed by atoms with Crippen LogP contribution < -0.4 is 4.74 Å². The van der Waals surface area contributed by atoms with Crippen molar-refractivity contribution in [2.75, 3.05) is 0 Å². The van der Waals surface area contributed by atoms with Crippen LogP contribution in [0.1, 0.15) is 73.4 Å². The number of hydrogen-bond acceptors (Lipinski definition) is 5. The van der Waals surface area contributed by atoms with Crippen molar-refractivity contribution in [3.8, 4) is 16.3 Å². The number of carbonyl (C=O) groups excluding carboxylic acids is 2. The second-order valence-electron chi connectivity index (χ2n) is 9.21. The Labute approximate surface area is 203 Å². The predicted octanol–water partition coefficient (Wildman–Crippen LogP) is 7.08. The molecule has 0 N–H and O–H groups in total. The van der Waals surface area contributed by atoms with Crippen LogP contribution in [0.4, 0.5) is 8.78 Å². The van der Waals surface area contributed by atoms with Crippen LogP contribution >= 0.6 is 11.3 Å². The first kappa shape index (κ1) is 25.7. The molecule has 0 bridgehead atoms. The lowest BCUT2D eigenvalue weighted by Gasteiger charge is -2.24. The molecule has 0 radical (unpaired) electrons. The third-order valence-electron chi connectivity index (χ3n) is 5.67. The van der Waals surface area contributed by atoms with E-state index in [-0.39, 0.29) is 23.9 Å². The second-order valence-corrected chi connectivity index (χ2v) is 10.3. The number of ether oxygens (including phenoxy) is 1. The fourth-order valence-corrected chi connectivity index (χ4v) is 4.65. The van der Waals surface area contributed by atoms with Gasteiger partial charge in [0.05, 0.1) is 5.69 Å². The number of benzene rings is 2. The SMILES string of the molecule is CC(=O)C(C)(C)Oc1ccc(C(=O)CCc2sc(-c3cc(F)cc(F)c3)nc2C(C)C)cc1C. The van der Waals surface area contributed by atoms with Crippen LogP contribution in [0.25, 0.3) is 10.6 Å². The molecule has 3 aromatic rings. The van der Waals surface area contributed by atoms with E-state index in [0.717, 1.165) is 22.2 Å². The van der Waals surface area contributed by atoms with Gasteiger partial charge in [-0.2, -0.15) is 0 Å². The summed E-state index contributed by atoms with van der Waals surface area (Å²) in [7, 11) is 0. The Kier molecular flexibility index (Phi) is 7.66. The highest BCUT2D eigenvalue weighted by molar-refractivity contribution is 7.15. The molecule has 0 aliphatic carbocycles. The Balaban J connectivity index is 1.77. The van der Waals surface area contributed by atoms with Gasteiger partial charge in [0.2, 0.25) is 0 Å². The number of nitrogens with zero attached hydrogens (tertiary/aromatic N) is 1. The lowest BCUT2D eigenvalue weighted by Crippen LogP contribution is -2.36. The highest BCUT2D eigenvalue weighted by atomic mass is 32.1. The van der Waals surface area contributed by atoms with Crippen molar-refractivity contribution in [3.05, 3.63) is 69.7 Å². The van der Waals surface area contributed by atoms with E-state index in [1.165, 1.54) is 30.4 Å². The standard InChI is InChI=1S/C27H29F2NO3S/c1-15(2)25-24(34-26(30-25)19-12-20(28)14-21(29)13-19)10-8-22(32)18-7-9-23(16(3)11-18)33-27(5,6)17(4)31/h7,9,11-15H,8,10H2,1-6H3. The molecule has 180 valence electrons.